The van der Waals surface area contributed by atoms with Gasteiger partial charge in [0, 0.05) is 19.0 Å². The number of rotatable bonds is 7. The number of hydrogen-bond donors (Lipinski definition) is 1. The summed E-state index contributed by atoms with van der Waals surface area (Å²) in [7, 11) is -3.55. The third-order valence-electron chi connectivity index (χ3n) is 2.93. The summed E-state index contributed by atoms with van der Waals surface area (Å²) in [4.78, 5) is 10.8. The van der Waals surface area contributed by atoms with Gasteiger partial charge in [0.1, 0.15) is 0 Å². The lowest BCUT2D eigenvalue weighted by Gasteiger charge is -2.25. The number of carboxylic acid groups (broad SMARTS) is 1. The molecule has 7 heteroatoms. The molecule has 0 spiro atoms. The molecule has 21 heavy (non-hydrogen) atoms. The number of sulfonamides is 1. The molecule has 1 aromatic carbocycles. The molecule has 0 aliphatic carbocycles. The van der Waals surface area contributed by atoms with E-state index >= 15 is 0 Å². The summed E-state index contributed by atoms with van der Waals surface area (Å²) < 4.78 is 26.0. The summed E-state index contributed by atoms with van der Waals surface area (Å²) in [5.41, 5.74) is 0.629. The average molecular weight is 310 g/mol. The molecule has 1 N–H and O–H groups in total. The Hall–Kier alpha value is -1.91. The quantitative estimate of drug-likeness (QED) is 0.828. The van der Waals surface area contributed by atoms with Crippen LogP contribution in [-0.4, -0.2) is 36.4 Å². The maximum absolute atomic E-state index is 12.4. The predicted octanol–water partition coefficient (Wildman–Crippen LogP) is 1.84. The second kappa shape index (κ2) is 7.20. The second-order valence-electron chi connectivity index (χ2n) is 4.87. The zero-order valence-electron chi connectivity index (χ0n) is 12.0. The van der Waals surface area contributed by atoms with Gasteiger partial charge in [-0.3, -0.25) is 0 Å². The highest BCUT2D eigenvalue weighted by Crippen LogP contribution is 2.15. The van der Waals surface area contributed by atoms with Gasteiger partial charge in [-0.15, -0.1) is 0 Å². The third kappa shape index (κ3) is 4.85. The summed E-state index contributed by atoms with van der Waals surface area (Å²) in [6, 6.07) is 7.44. The molecule has 0 aliphatic heterocycles. The van der Waals surface area contributed by atoms with Crippen LogP contribution in [0.2, 0.25) is 0 Å². The lowest BCUT2D eigenvalue weighted by Crippen LogP contribution is -2.38. The fourth-order valence-electron chi connectivity index (χ4n) is 1.92. The Kier molecular flexibility index (Phi) is 5.88. The van der Waals surface area contributed by atoms with Crippen LogP contribution in [0, 0.1) is 11.3 Å². The maximum atomic E-state index is 12.4. The number of nitriles is 1. The van der Waals surface area contributed by atoms with Crippen molar-refractivity contribution in [3.05, 3.63) is 35.4 Å². The van der Waals surface area contributed by atoms with Crippen molar-refractivity contribution in [2.24, 2.45) is 0 Å². The van der Waals surface area contributed by atoms with Gasteiger partial charge in [-0.1, -0.05) is 12.1 Å². The number of hydrogen-bond acceptors (Lipinski definition) is 4. The first kappa shape index (κ1) is 17.1. The fourth-order valence-corrected chi connectivity index (χ4v) is 3.71. The zero-order valence-corrected chi connectivity index (χ0v) is 12.8. The molecule has 1 aromatic rings. The van der Waals surface area contributed by atoms with Gasteiger partial charge in [-0.05, 0) is 31.5 Å². The number of carboxylic acids is 1. The average Bonchev–Trinajstić information content (AvgIpc) is 2.38. The Morgan fingerprint density at radius 2 is 1.90 bits per heavy atom. The van der Waals surface area contributed by atoms with Crippen LogP contribution in [0.5, 0.6) is 0 Å². The highest BCUT2D eigenvalue weighted by molar-refractivity contribution is 7.88. The van der Waals surface area contributed by atoms with Crippen molar-refractivity contribution in [3.8, 4) is 6.07 Å². The molecular formula is C14H18N2O4S. The normalized spacial score (nSPS) is 11.6. The topological polar surface area (TPSA) is 98.5 Å². The minimum absolute atomic E-state index is 0.112. The molecular weight excluding hydrogens is 292 g/mol. The molecule has 6 nitrogen and oxygen atoms in total. The lowest BCUT2D eigenvalue weighted by atomic mass is 10.1. The Labute approximate surface area is 124 Å². The van der Waals surface area contributed by atoms with Crippen molar-refractivity contribution < 1.29 is 18.3 Å². The highest BCUT2D eigenvalue weighted by Gasteiger charge is 2.24. The van der Waals surface area contributed by atoms with E-state index in [0.29, 0.717) is 5.56 Å². The predicted molar refractivity (Wildman–Crippen MR) is 78.1 cm³/mol. The Morgan fingerprint density at radius 3 is 2.33 bits per heavy atom. The van der Waals surface area contributed by atoms with Crippen LogP contribution in [0.15, 0.2) is 24.3 Å². The minimum Gasteiger partial charge on any atom is -0.478 e. The Morgan fingerprint density at radius 1 is 1.33 bits per heavy atom. The second-order valence-corrected chi connectivity index (χ2v) is 6.79. The molecule has 0 radical (unpaired) electrons. The molecule has 114 valence electrons. The van der Waals surface area contributed by atoms with E-state index in [1.54, 1.807) is 13.8 Å². The monoisotopic (exact) mass is 310 g/mol. The molecule has 0 amide bonds. The SMILES string of the molecule is CC(C)N(CCC#N)S(=O)(=O)Cc1ccc(C(=O)O)cc1. The van der Waals surface area contributed by atoms with Gasteiger partial charge in [0.15, 0.2) is 0 Å². The van der Waals surface area contributed by atoms with E-state index in [1.807, 2.05) is 6.07 Å². The van der Waals surface area contributed by atoms with Crippen LogP contribution in [-0.2, 0) is 15.8 Å². The maximum Gasteiger partial charge on any atom is 0.335 e. The molecule has 0 bridgehead atoms. The highest BCUT2D eigenvalue weighted by atomic mass is 32.2. The molecule has 0 aliphatic rings. The van der Waals surface area contributed by atoms with Gasteiger partial charge >= 0.3 is 5.97 Å². The first-order valence-corrected chi connectivity index (χ1v) is 8.07. The number of benzene rings is 1. The zero-order chi connectivity index (χ0) is 16.0. The molecule has 0 fully saturated rings. The molecule has 0 aromatic heterocycles. The van der Waals surface area contributed by atoms with Crippen LogP contribution < -0.4 is 0 Å². The van der Waals surface area contributed by atoms with Gasteiger partial charge in [0.05, 0.1) is 17.4 Å². The van der Waals surface area contributed by atoms with Crippen molar-refractivity contribution in [3.63, 3.8) is 0 Å². The summed E-state index contributed by atoms with van der Waals surface area (Å²) in [5, 5.41) is 17.4. The molecule has 1 rings (SSSR count). The molecule has 0 saturated carbocycles. The van der Waals surface area contributed by atoms with Crippen LogP contribution in [0.3, 0.4) is 0 Å². The summed E-state index contributed by atoms with van der Waals surface area (Å²) in [6.45, 7) is 3.66. The van der Waals surface area contributed by atoms with Crippen molar-refractivity contribution in [1.82, 2.24) is 4.31 Å². The van der Waals surface area contributed by atoms with Crippen molar-refractivity contribution in [1.29, 1.82) is 5.26 Å². The van der Waals surface area contributed by atoms with Crippen molar-refractivity contribution >= 4 is 16.0 Å². The van der Waals surface area contributed by atoms with Gasteiger partial charge in [0.25, 0.3) is 0 Å². The Balaban J connectivity index is 2.92. The van der Waals surface area contributed by atoms with Gasteiger partial charge in [-0.2, -0.15) is 9.57 Å². The largest absolute Gasteiger partial charge is 0.478 e. The lowest BCUT2D eigenvalue weighted by molar-refractivity contribution is 0.0697. The summed E-state index contributed by atoms with van der Waals surface area (Å²) >= 11 is 0. The molecule has 0 atom stereocenters. The minimum atomic E-state index is -3.55. The van der Waals surface area contributed by atoms with Gasteiger partial charge < -0.3 is 5.11 Å². The smallest absolute Gasteiger partial charge is 0.335 e. The first-order valence-electron chi connectivity index (χ1n) is 6.46. The molecule has 0 heterocycles. The van der Waals surface area contributed by atoms with E-state index < -0.39 is 16.0 Å². The van der Waals surface area contributed by atoms with Crippen LogP contribution in [0.1, 0.15) is 36.2 Å². The molecule has 0 unspecified atom stereocenters. The van der Waals surface area contributed by atoms with E-state index in [4.69, 9.17) is 10.4 Å². The standard InChI is InChI=1S/C14H18N2O4S/c1-11(2)16(9-3-8-15)21(19,20)10-12-4-6-13(7-5-12)14(17)18/h4-7,11H,3,9-10H2,1-2H3,(H,17,18). The van der Waals surface area contributed by atoms with E-state index in [2.05, 4.69) is 0 Å². The summed E-state index contributed by atoms with van der Waals surface area (Å²) in [6.07, 6.45) is 0.134. The van der Waals surface area contributed by atoms with Crippen molar-refractivity contribution in [2.45, 2.75) is 32.1 Å². The number of nitrogens with zero attached hydrogens (tertiary/aromatic N) is 2. The fraction of sp³-hybridized carbons (Fsp3) is 0.429. The van der Waals surface area contributed by atoms with E-state index in [0.717, 1.165) is 0 Å². The van der Waals surface area contributed by atoms with Gasteiger partial charge in [-0.25, -0.2) is 13.2 Å². The number of carbonyl (C=O) groups is 1. The van der Waals surface area contributed by atoms with Crippen LogP contribution in [0.4, 0.5) is 0 Å². The first-order chi connectivity index (χ1) is 9.77. The van der Waals surface area contributed by atoms with E-state index in [1.165, 1.54) is 28.6 Å². The van der Waals surface area contributed by atoms with Crippen molar-refractivity contribution in [2.75, 3.05) is 6.54 Å². The van der Waals surface area contributed by atoms with E-state index in [9.17, 15) is 13.2 Å². The van der Waals surface area contributed by atoms with Crippen LogP contribution >= 0.6 is 0 Å². The van der Waals surface area contributed by atoms with Crippen LogP contribution in [0.25, 0.3) is 0 Å². The molecule has 0 saturated heterocycles. The third-order valence-corrected chi connectivity index (χ3v) is 4.94. The van der Waals surface area contributed by atoms with E-state index in [-0.39, 0.29) is 30.3 Å². The Bertz CT molecular complexity index is 630. The van der Waals surface area contributed by atoms with Gasteiger partial charge in [0.2, 0.25) is 10.0 Å². The number of aromatic carboxylic acids is 1. The summed E-state index contributed by atoms with van der Waals surface area (Å²) in [5.74, 6) is -1.27.